The number of benzene rings is 2. The van der Waals surface area contributed by atoms with Crippen LogP contribution < -0.4 is 0 Å². The number of aromatic nitrogens is 2. The molecule has 3 aromatic rings. The number of nitrogens with zero attached hydrogens (tertiary/aromatic N) is 2. The average Bonchev–Trinajstić information content (AvgIpc) is 3.02. The summed E-state index contributed by atoms with van der Waals surface area (Å²) in [5.41, 5.74) is 2.40. The molecule has 3 rings (SSSR count). The van der Waals surface area contributed by atoms with Crippen LogP contribution in [0.3, 0.4) is 0 Å². The van der Waals surface area contributed by atoms with Crippen LogP contribution in [-0.2, 0) is 11.3 Å². The van der Waals surface area contributed by atoms with Crippen molar-refractivity contribution in [3.63, 3.8) is 0 Å². The van der Waals surface area contributed by atoms with Crippen molar-refractivity contribution in [2.45, 2.75) is 13.5 Å². The van der Waals surface area contributed by atoms with Crippen LogP contribution in [0.5, 0.6) is 0 Å². The summed E-state index contributed by atoms with van der Waals surface area (Å²) in [4.78, 5) is 16.2. The van der Waals surface area contributed by atoms with Crippen molar-refractivity contribution in [1.82, 2.24) is 10.1 Å². The Balaban J connectivity index is 1.67. The molecule has 0 saturated carbocycles. The first-order valence-corrected chi connectivity index (χ1v) is 7.74. The van der Waals surface area contributed by atoms with Gasteiger partial charge in [-0.05, 0) is 36.8 Å². The van der Waals surface area contributed by atoms with Gasteiger partial charge in [-0.15, -0.1) is 0 Å². The summed E-state index contributed by atoms with van der Waals surface area (Å²) in [6.07, 6.45) is 0. The highest BCUT2D eigenvalue weighted by atomic mass is 79.9. The molecule has 0 radical (unpaired) electrons. The fraction of sp³-hybridized carbons (Fsp3) is 0.118. The standard InChI is InChI=1S/C17H13BrN2O3/c1-11-4-2-3-5-14(11)16-19-15(23-20-16)10-22-17(21)12-6-8-13(18)9-7-12/h2-9H,10H2,1H3. The lowest BCUT2D eigenvalue weighted by atomic mass is 10.1. The molecule has 0 spiro atoms. The molecule has 23 heavy (non-hydrogen) atoms. The number of aryl methyl sites for hydroxylation is 1. The molecule has 0 amide bonds. The molecule has 0 aliphatic rings. The zero-order valence-corrected chi connectivity index (χ0v) is 13.9. The summed E-state index contributed by atoms with van der Waals surface area (Å²) >= 11 is 3.32. The van der Waals surface area contributed by atoms with E-state index in [0.717, 1.165) is 15.6 Å². The van der Waals surface area contributed by atoms with Crippen molar-refractivity contribution < 1.29 is 14.1 Å². The summed E-state index contributed by atoms with van der Waals surface area (Å²) < 4.78 is 11.2. The Morgan fingerprint density at radius 1 is 1.17 bits per heavy atom. The largest absolute Gasteiger partial charge is 0.452 e. The smallest absolute Gasteiger partial charge is 0.338 e. The van der Waals surface area contributed by atoms with Crippen LogP contribution in [0.4, 0.5) is 0 Å². The van der Waals surface area contributed by atoms with Crippen LogP contribution >= 0.6 is 15.9 Å². The first kappa shape index (κ1) is 15.4. The van der Waals surface area contributed by atoms with E-state index in [0.29, 0.717) is 11.4 Å². The van der Waals surface area contributed by atoms with E-state index >= 15 is 0 Å². The van der Waals surface area contributed by atoms with Crippen molar-refractivity contribution in [2.24, 2.45) is 0 Å². The van der Waals surface area contributed by atoms with Crippen molar-refractivity contribution in [1.29, 1.82) is 0 Å². The molecule has 0 N–H and O–H groups in total. The van der Waals surface area contributed by atoms with Crippen molar-refractivity contribution in [2.75, 3.05) is 0 Å². The predicted molar refractivity (Wildman–Crippen MR) is 87.7 cm³/mol. The number of hydrogen-bond donors (Lipinski definition) is 0. The van der Waals surface area contributed by atoms with Gasteiger partial charge < -0.3 is 9.26 Å². The van der Waals surface area contributed by atoms with E-state index in [4.69, 9.17) is 9.26 Å². The highest BCUT2D eigenvalue weighted by molar-refractivity contribution is 9.10. The molecule has 6 heteroatoms. The van der Waals surface area contributed by atoms with Gasteiger partial charge in [0.15, 0.2) is 6.61 Å². The van der Waals surface area contributed by atoms with Gasteiger partial charge in [-0.1, -0.05) is 45.4 Å². The minimum Gasteiger partial charge on any atom is -0.452 e. The third-order valence-corrected chi connectivity index (χ3v) is 3.79. The fourth-order valence-electron chi connectivity index (χ4n) is 2.04. The highest BCUT2D eigenvalue weighted by Crippen LogP contribution is 2.20. The Kier molecular flexibility index (Phi) is 4.52. The van der Waals surface area contributed by atoms with Crippen LogP contribution in [0.1, 0.15) is 21.8 Å². The molecule has 0 aliphatic heterocycles. The highest BCUT2D eigenvalue weighted by Gasteiger charge is 2.13. The summed E-state index contributed by atoms with van der Waals surface area (Å²) in [7, 11) is 0. The van der Waals surface area contributed by atoms with Crippen LogP contribution in [0.15, 0.2) is 57.5 Å². The van der Waals surface area contributed by atoms with Crippen LogP contribution in [0.25, 0.3) is 11.4 Å². The second-order valence-corrected chi connectivity index (χ2v) is 5.83. The molecule has 0 atom stereocenters. The Morgan fingerprint density at radius 2 is 1.91 bits per heavy atom. The van der Waals surface area contributed by atoms with Gasteiger partial charge in [0.2, 0.25) is 5.82 Å². The first-order valence-electron chi connectivity index (χ1n) is 6.95. The molecular formula is C17H13BrN2O3. The van der Waals surface area contributed by atoms with Crippen molar-refractivity contribution in [3.8, 4) is 11.4 Å². The number of ether oxygens (including phenoxy) is 1. The van der Waals surface area contributed by atoms with Gasteiger partial charge in [-0.3, -0.25) is 0 Å². The summed E-state index contributed by atoms with van der Waals surface area (Å²) in [6.45, 7) is 1.91. The lowest BCUT2D eigenvalue weighted by Gasteiger charge is -2.01. The van der Waals surface area contributed by atoms with E-state index in [9.17, 15) is 4.79 Å². The number of carbonyl (C=O) groups excluding carboxylic acids is 1. The number of hydrogen-bond acceptors (Lipinski definition) is 5. The lowest BCUT2D eigenvalue weighted by molar-refractivity contribution is 0.0430. The molecule has 0 aliphatic carbocycles. The van der Waals surface area contributed by atoms with E-state index in [1.807, 2.05) is 31.2 Å². The number of rotatable bonds is 4. The third-order valence-electron chi connectivity index (χ3n) is 3.26. The Hall–Kier alpha value is -2.47. The van der Waals surface area contributed by atoms with Crippen molar-refractivity contribution in [3.05, 3.63) is 70.0 Å². The topological polar surface area (TPSA) is 65.2 Å². The van der Waals surface area contributed by atoms with Gasteiger partial charge in [0.25, 0.3) is 5.89 Å². The van der Waals surface area contributed by atoms with E-state index in [-0.39, 0.29) is 12.5 Å². The fourth-order valence-corrected chi connectivity index (χ4v) is 2.31. The van der Waals surface area contributed by atoms with Gasteiger partial charge in [-0.2, -0.15) is 4.98 Å². The Morgan fingerprint density at radius 3 is 2.65 bits per heavy atom. The lowest BCUT2D eigenvalue weighted by Crippen LogP contribution is -2.05. The first-order chi connectivity index (χ1) is 11.1. The minimum absolute atomic E-state index is 0.0617. The Bertz CT molecular complexity index is 828. The molecule has 1 aromatic heterocycles. The molecule has 0 fully saturated rings. The summed E-state index contributed by atoms with van der Waals surface area (Å²) in [5.74, 6) is 0.305. The van der Waals surface area contributed by atoms with Crippen LogP contribution in [0.2, 0.25) is 0 Å². The summed E-state index contributed by atoms with van der Waals surface area (Å²) in [6, 6.07) is 14.7. The van der Waals surface area contributed by atoms with Gasteiger partial charge >= 0.3 is 5.97 Å². The van der Waals surface area contributed by atoms with Gasteiger partial charge in [0.1, 0.15) is 0 Å². The van der Waals surface area contributed by atoms with Crippen LogP contribution in [-0.4, -0.2) is 16.1 Å². The average molecular weight is 373 g/mol. The maximum absolute atomic E-state index is 11.9. The number of halogens is 1. The van der Waals surface area contributed by atoms with Gasteiger partial charge in [-0.25, -0.2) is 4.79 Å². The molecular weight excluding hydrogens is 360 g/mol. The molecule has 0 saturated heterocycles. The Labute approximate surface area is 141 Å². The molecule has 0 unspecified atom stereocenters. The predicted octanol–water partition coefficient (Wildman–Crippen LogP) is 4.16. The quantitative estimate of drug-likeness (QED) is 0.643. The molecule has 0 bridgehead atoms. The monoisotopic (exact) mass is 372 g/mol. The zero-order chi connectivity index (χ0) is 16.2. The molecule has 2 aromatic carbocycles. The summed E-state index contributed by atoms with van der Waals surface area (Å²) in [5, 5.41) is 3.93. The van der Waals surface area contributed by atoms with E-state index in [1.54, 1.807) is 24.3 Å². The maximum Gasteiger partial charge on any atom is 0.338 e. The molecule has 116 valence electrons. The maximum atomic E-state index is 11.9. The zero-order valence-electron chi connectivity index (χ0n) is 12.3. The number of carbonyl (C=O) groups is 1. The third kappa shape index (κ3) is 3.65. The number of esters is 1. The van der Waals surface area contributed by atoms with Crippen molar-refractivity contribution >= 4 is 21.9 Å². The van der Waals surface area contributed by atoms with E-state index in [2.05, 4.69) is 26.1 Å². The van der Waals surface area contributed by atoms with E-state index < -0.39 is 5.97 Å². The second kappa shape index (κ2) is 6.75. The van der Waals surface area contributed by atoms with E-state index in [1.165, 1.54) is 0 Å². The van der Waals surface area contributed by atoms with Crippen LogP contribution in [0, 0.1) is 6.92 Å². The van der Waals surface area contributed by atoms with Gasteiger partial charge in [0.05, 0.1) is 5.56 Å². The second-order valence-electron chi connectivity index (χ2n) is 4.91. The minimum atomic E-state index is -0.437. The SMILES string of the molecule is Cc1ccccc1-c1noc(COC(=O)c2ccc(Br)cc2)n1. The molecule has 5 nitrogen and oxygen atoms in total. The molecule has 1 heterocycles. The van der Waals surface area contributed by atoms with Gasteiger partial charge in [0, 0.05) is 10.0 Å². The normalized spacial score (nSPS) is 10.5.